The number of ether oxygens (including phenoxy) is 6. The molecule has 5 aromatic rings. The number of nitrogens with one attached hydrogen (secondary N) is 7. The van der Waals surface area contributed by atoms with Crippen molar-refractivity contribution in [3.8, 4) is 57.1 Å². The monoisotopic (exact) mass is 1480 g/mol. The second kappa shape index (κ2) is 33.9. The van der Waals surface area contributed by atoms with Crippen LogP contribution in [0.5, 0.6) is 46.0 Å². The molecule has 33 nitrogen and oxygen atoms in total. The van der Waals surface area contributed by atoms with E-state index in [-0.39, 0.29) is 68.5 Å². The molecule has 10 rings (SSSR count). The quantitative estimate of drug-likeness (QED) is 0.0739. The Kier molecular flexibility index (Phi) is 26.2. The number of hydrogen-bond donors (Lipinski definition) is 19. The molecule has 7 amide bonds. The van der Waals surface area contributed by atoms with Gasteiger partial charge in [-0.05, 0) is 111 Å². The topological polar surface area (TPSA) is 530 Å². The smallest absolute Gasteiger partial charge is 0.330 e. The van der Waals surface area contributed by atoms with E-state index in [1.165, 1.54) is 76.5 Å². The highest BCUT2D eigenvalue weighted by Gasteiger charge is 2.51. The average molecular weight is 1480 g/mol. The second-order valence-electron chi connectivity index (χ2n) is 25.7. The summed E-state index contributed by atoms with van der Waals surface area (Å²) in [5, 5.41) is 129. The molecule has 8 bridgehead atoms. The van der Waals surface area contributed by atoms with Gasteiger partial charge >= 0.3 is 5.97 Å². The van der Waals surface area contributed by atoms with Gasteiger partial charge in [-0.25, -0.2) is 4.79 Å². The first-order valence-corrected chi connectivity index (χ1v) is 33.1. The van der Waals surface area contributed by atoms with Crippen molar-refractivity contribution in [2.45, 2.75) is 164 Å². The minimum atomic E-state index is -2.19. The van der Waals surface area contributed by atoms with Crippen molar-refractivity contribution in [1.82, 2.24) is 37.2 Å². The van der Waals surface area contributed by atoms with Gasteiger partial charge in [0.05, 0.1) is 53.8 Å². The Morgan fingerprint density at radius 1 is 0.748 bits per heavy atom. The number of benzene rings is 5. The molecular formula is C68H83Cl2N9O24. The van der Waals surface area contributed by atoms with Gasteiger partial charge in [-0.1, -0.05) is 61.3 Å². The Bertz CT molecular complexity index is 3980. The molecule has 5 heterocycles. The van der Waals surface area contributed by atoms with Crippen molar-refractivity contribution in [3.63, 3.8) is 0 Å². The maximum absolute atomic E-state index is 14.7. The van der Waals surface area contributed by atoms with E-state index in [9.17, 15) is 89.4 Å². The predicted molar refractivity (Wildman–Crippen MR) is 363 cm³/mol. The summed E-state index contributed by atoms with van der Waals surface area (Å²) in [6.07, 6.45) is -17.8. The summed E-state index contributed by atoms with van der Waals surface area (Å²) < 4.78 is 37.5. The summed E-state index contributed by atoms with van der Waals surface area (Å²) in [6, 6.07) is 5.70. The number of aromatic hydroxyl groups is 3. The third-order valence-electron chi connectivity index (χ3n) is 17.3. The van der Waals surface area contributed by atoms with Crippen LogP contribution in [0.15, 0.2) is 84.9 Å². The molecule has 5 aliphatic rings. The molecule has 5 aromatic carbocycles. The van der Waals surface area contributed by atoms with Crippen molar-refractivity contribution in [2.24, 2.45) is 17.4 Å². The largest absolute Gasteiger partial charge is 0.508 e. The first-order valence-electron chi connectivity index (χ1n) is 32.4. The summed E-state index contributed by atoms with van der Waals surface area (Å²) in [5.74, 6) is -13.2. The lowest BCUT2D eigenvalue weighted by Gasteiger charge is -2.47. The fraction of sp³-hybridized carbons (Fsp3) is 0.441. The van der Waals surface area contributed by atoms with Crippen LogP contribution in [0.1, 0.15) is 107 Å². The fourth-order valence-corrected chi connectivity index (χ4v) is 12.3. The van der Waals surface area contributed by atoms with Gasteiger partial charge in [-0.3, -0.25) is 33.6 Å². The zero-order valence-corrected chi connectivity index (χ0v) is 58.0. The number of phenolic OH excluding ortho intramolecular Hbond substituents is 3. The van der Waals surface area contributed by atoms with E-state index in [4.69, 9.17) is 63.1 Å². The molecule has 35 heteroatoms. The maximum atomic E-state index is 14.7. The van der Waals surface area contributed by atoms with Crippen molar-refractivity contribution in [2.75, 3.05) is 20.7 Å². The maximum Gasteiger partial charge on any atom is 0.330 e. The van der Waals surface area contributed by atoms with Crippen molar-refractivity contribution in [1.29, 1.82) is 0 Å². The number of halogens is 2. The van der Waals surface area contributed by atoms with Crippen molar-refractivity contribution in [3.05, 3.63) is 117 Å². The van der Waals surface area contributed by atoms with Crippen LogP contribution < -0.4 is 62.9 Å². The van der Waals surface area contributed by atoms with Gasteiger partial charge in [0.25, 0.3) is 0 Å². The Balaban J connectivity index is 1.26. The van der Waals surface area contributed by atoms with E-state index in [0.717, 1.165) is 43.3 Å². The number of nitrogens with two attached hydrogens (primary N) is 2. The number of primary amides is 1. The third kappa shape index (κ3) is 19.0. The van der Waals surface area contributed by atoms with E-state index in [2.05, 4.69) is 37.2 Å². The molecule has 21 N–H and O–H groups in total. The molecule has 0 aliphatic carbocycles. The van der Waals surface area contributed by atoms with E-state index < -0.39 is 210 Å². The molecule has 5 aliphatic heterocycles. The third-order valence-corrected chi connectivity index (χ3v) is 17.9. The second-order valence-corrected chi connectivity index (χ2v) is 26.5. The SMILES string of the molecule is CNC(=O)C1NC(=O)[C@@H](C)NC(=O)[C@H](CC(N)=O)NC(=O)[C@H](NC(=O)[C@@H](CC(C)C)NC)[C@H](O)c2ccc(c(Cl)c2)Oc2cccc(c2OC2OC(CO)C(O)C(O)C2OC2CC(C)(N)C(O)C(C)O2)Oc2ccc(cc2Cl)[C@@H](O)CC(=O)N[C@H](C(=O)O)c2cc(O)cc(O)c2-c2cc1ccc2O. The van der Waals surface area contributed by atoms with Crippen LogP contribution >= 0.6 is 23.2 Å². The standard InChI is InChI=1S/C68H83Cl2N9O24/c1-27(2)17-38(73-6)62(92)79-54-55(87)32-13-16-44(37(70)20-32)100-46-10-8-9-45(58(46)103-67-59(57(89)56(88)47(26-80)101-67)102-50-25-68(5,72)60(90)29(4)98-50)99-43-15-12-30(19-36(43)69)41(83)24-49(86)77-53(66(96)97)35-21-33(81)22-42(84)51(35)34-18-31(11-14-40(34)82)52(64(94)74-7)78-61(91)28(3)75-63(93)39(23-48(71)85)76-65(54)95/h8-16,18-22,27-29,38-39,41,47,50,52-57,59-60,67,73,80-84,87-90H,17,23-26,72H2,1-7H3,(H2,71,85)(H,74,94)(H,75,93)(H,76,95)(H,77,86)(H,78,91)(H,79,92)(H,96,97)/t28-,29?,38-,39+,41+,47?,50?,52?,53+,54-,55-,56?,57?,59?,60?,67?,68?/m1/s1. The lowest BCUT2D eigenvalue weighted by atomic mass is 9.86. The number of fused-ring (bicyclic) bond motifs is 2. The zero-order valence-electron chi connectivity index (χ0n) is 56.5. The molecule has 0 saturated carbocycles. The number of aliphatic hydroxyl groups excluding tert-OH is 6. The average Bonchev–Trinajstić information content (AvgIpc) is 0.779. The minimum Gasteiger partial charge on any atom is -0.508 e. The molecule has 558 valence electrons. The van der Waals surface area contributed by atoms with Gasteiger partial charge in [0, 0.05) is 41.8 Å². The normalized spacial score (nSPS) is 27.8. The minimum absolute atomic E-state index is 0.0475. The Morgan fingerprint density at radius 2 is 1.38 bits per heavy atom. The molecule has 10 unspecified atom stereocenters. The van der Waals surface area contributed by atoms with Gasteiger partial charge in [0.1, 0.15) is 77.3 Å². The highest BCUT2D eigenvalue weighted by Crippen LogP contribution is 2.48. The highest BCUT2D eigenvalue weighted by atomic mass is 35.5. The number of amides is 7. The lowest BCUT2D eigenvalue weighted by molar-refractivity contribution is -0.333. The highest BCUT2D eigenvalue weighted by molar-refractivity contribution is 6.32. The van der Waals surface area contributed by atoms with Gasteiger partial charge < -0.3 is 128 Å². The van der Waals surface area contributed by atoms with E-state index >= 15 is 0 Å². The van der Waals surface area contributed by atoms with Gasteiger partial charge in [-0.2, -0.15) is 0 Å². The Morgan fingerprint density at radius 3 is 1.96 bits per heavy atom. The molecule has 103 heavy (non-hydrogen) atoms. The number of phenols is 3. The molecule has 0 aromatic heterocycles. The molecule has 17 atom stereocenters. The number of likely N-dealkylation sites (N-methyl/N-ethyl adjacent to an activating group) is 2. The van der Waals surface area contributed by atoms with Gasteiger partial charge in [0.2, 0.25) is 53.4 Å². The lowest BCUT2D eigenvalue weighted by Crippen LogP contribution is -2.64. The van der Waals surface area contributed by atoms with Gasteiger partial charge in [0.15, 0.2) is 29.9 Å². The van der Waals surface area contributed by atoms with Crippen LogP contribution in [-0.2, 0) is 52.6 Å². The fourth-order valence-electron chi connectivity index (χ4n) is 11.8. The van der Waals surface area contributed by atoms with Crippen LogP contribution in [-0.4, -0.2) is 198 Å². The molecule has 2 saturated heterocycles. The van der Waals surface area contributed by atoms with Crippen molar-refractivity contribution >= 4 is 70.5 Å². The summed E-state index contributed by atoms with van der Waals surface area (Å²) in [6.45, 7) is 6.97. The number of aliphatic hydroxyl groups is 6. The number of carboxylic acid groups (broad SMARTS) is 1. The number of rotatable bonds is 14. The summed E-state index contributed by atoms with van der Waals surface area (Å²) >= 11 is 13.8. The number of para-hydroxylation sites is 1. The number of carbonyl (C=O) groups excluding carboxylic acids is 7. The van der Waals surface area contributed by atoms with Gasteiger partial charge in [-0.15, -0.1) is 0 Å². The molecule has 0 radical (unpaired) electrons. The van der Waals surface area contributed by atoms with E-state index in [1.54, 1.807) is 0 Å². The number of carboxylic acids is 1. The van der Waals surface area contributed by atoms with Crippen LogP contribution in [0.2, 0.25) is 10.0 Å². The van der Waals surface area contributed by atoms with Crippen LogP contribution in [0.3, 0.4) is 0 Å². The molecule has 2 fully saturated rings. The number of aliphatic carboxylic acids is 1. The Labute approximate surface area is 599 Å². The first kappa shape index (κ1) is 79.5. The van der Waals surface area contributed by atoms with E-state index in [1.807, 2.05) is 13.8 Å². The number of carbonyl (C=O) groups is 8. The summed E-state index contributed by atoms with van der Waals surface area (Å²) in [5.41, 5.74) is 8.84. The van der Waals surface area contributed by atoms with Crippen LogP contribution in [0, 0.1) is 5.92 Å². The van der Waals surface area contributed by atoms with Crippen molar-refractivity contribution < 1.29 is 118 Å². The number of hydrogen-bond acceptors (Lipinski definition) is 25. The molecule has 0 spiro atoms. The van der Waals surface area contributed by atoms with Crippen LogP contribution in [0.25, 0.3) is 11.1 Å². The zero-order chi connectivity index (χ0) is 75.8. The predicted octanol–water partition coefficient (Wildman–Crippen LogP) is 1.08. The first-order chi connectivity index (χ1) is 48.5. The van der Waals surface area contributed by atoms with E-state index in [0.29, 0.717) is 0 Å². The molecular weight excluding hydrogens is 1400 g/mol. The summed E-state index contributed by atoms with van der Waals surface area (Å²) in [7, 11) is 2.67. The Hall–Kier alpha value is -9.20. The van der Waals surface area contributed by atoms with Crippen LogP contribution in [0.4, 0.5) is 0 Å². The summed E-state index contributed by atoms with van der Waals surface area (Å²) in [4.78, 5) is 111.